The van der Waals surface area contributed by atoms with Crippen molar-refractivity contribution in [1.82, 2.24) is 0 Å². The monoisotopic (exact) mass is 709 g/mol. The van der Waals surface area contributed by atoms with Gasteiger partial charge in [0.1, 0.15) is 18.4 Å². The zero-order valence-electron chi connectivity index (χ0n) is 35.0. The maximum atomic E-state index is 11.5. The summed E-state index contributed by atoms with van der Waals surface area (Å²) in [5, 5.41) is 0. The zero-order valence-corrected chi connectivity index (χ0v) is 35.0. The van der Waals surface area contributed by atoms with Gasteiger partial charge in [0.15, 0.2) is 5.78 Å². The summed E-state index contributed by atoms with van der Waals surface area (Å²) < 4.78 is 0. The molecule has 1 fully saturated rings. The van der Waals surface area contributed by atoms with Crippen molar-refractivity contribution in [3.63, 3.8) is 0 Å². The van der Waals surface area contributed by atoms with E-state index < -0.39 is 0 Å². The number of primary amides is 1. The highest BCUT2D eigenvalue weighted by Crippen LogP contribution is 2.25. The van der Waals surface area contributed by atoms with Crippen LogP contribution in [0.2, 0.25) is 0 Å². The van der Waals surface area contributed by atoms with E-state index in [1.807, 2.05) is 60.5 Å². The highest BCUT2D eigenvalue weighted by atomic mass is 16.1. The fraction of sp³-hybridized carbons (Fsp3) is 0.744. The molecule has 4 N–H and O–H groups in total. The quantitative estimate of drug-likeness (QED) is 0.172. The first-order valence-corrected chi connectivity index (χ1v) is 19.6. The smallest absolute Gasteiger partial charge is 0.224 e. The first-order valence-electron chi connectivity index (χ1n) is 19.6. The predicted molar refractivity (Wildman–Crippen MR) is 219 cm³/mol. The molecule has 0 heterocycles. The third-order valence-corrected chi connectivity index (χ3v) is 7.66. The largest absolute Gasteiger partial charge is 0.369 e. The lowest BCUT2D eigenvalue weighted by molar-refractivity contribution is -0.121. The molecule has 2 rings (SSSR count). The maximum absolute atomic E-state index is 11.5. The molecule has 0 bridgehead atoms. The van der Waals surface area contributed by atoms with Crippen LogP contribution in [-0.2, 0) is 24.0 Å². The van der Waals surface area contributed by atoms with Crippen molar-refractivity contribution in [3.05, 3.63) is 36.5 Å². The SMILES string of the molecule is C1CCCCC1.C=CC(=O)C(CC)C(CC)CCC.C=O.CC.CC.CC(=O)CC(C)C.CC(=O)CN.CCCC(C(N)=O)C1=CC=CCC1. The molecule has 2 aliphatic rings. The molecule has 50 heavy (non-hydrogen) atoms. The Morgan fingerprint density at radius 1 is 0.800 bits per heavy atom. The summed E-state index contributed by atoms with van der Waals surface area (Å²) in [5.41, 5.74) is 11.4. The van der Waals surface area contributed by atoms with Crippen molar-refractivity contribution in [2.75, 3.05) is 6.54 Å². The van der Waals surface area contributed by atoms with E-state index in [9.17, 15) is 19.2 Å². The van der Waals surface area contributed by atoms with Gasteiger partial charge in [-0.2, -0.15) is 0 Å². The molecule has 7 nitrogen and oxygen atoms in total. The van der Waals surface area contributed by atoms with E-state index in [1.54, 1.807) is 6.92 Å². The van der Waals surface area contributed by atoms with Crippen LogP contribution >= 0.6 is 0 Å². The first-order chi connectivity index (χ1) is 23.9. The number of hydrogen-bond acceptors (Lipinski definition) is 6. The van der Waals surface area contributed by atoms with Gasteiger partial charge in [-0.25, -0.2) is 0 Å². The van der Waals surface area contributed by atoms with Crippen LogP contribution in [0.15, 0.2) is 36.5 Å². The Balaban J connectivity index is -0.000000121. The van der Waals surface area contributed by atoms with E-state index in [2.05, 4.69) is 40.3 Å². The molecule has 7 heteroatoms. The molecular formula is C43H84N2O5. The van der Waals surface area contributed by atoms with Crippen molar-refractivity contribution >= 4 is 30.0 Å². The molecule has 3 unspecified atom stereocenters. The van der Waals surface area contributed by atoms with E-state index >= 15 is 0 Å². The van der Waals surface area contributed by atoms with Gasteiger partial charge >= 0.3 is 0 Å². The molecule has 0 spiro atoms. The second-order valence-corrected chi connectivity index (χ2v) is 12.4. The summed E-state index contributed by atoms with van der Waals surface area (Å²) in [4.78, 5) is 50.6. The summed E-state index contributed by atoms with van der Waals surface area (Å²) in [6, 6.07) is 0. The first kappa shape index (κ1) is 59.5. The van der Waals surface area contributed by atoms with Crippen molar-refractivity contribution in [2.24, 2.45) is 35.1 Å². The van der Waals surface area contributed by atoms with E-state index in [0.717, 1.165) is 51.4 Å². The number of carbonyl (C=O) groups excluding carboxylic acids is 5. The fourth-order valence-corrected chi connectivity index (χ4v) is 5.33. The normalized spacial score (nSPS) is 13.9. The van der Waals surface area contributed by atoms with Crippen molar-refractivity contribution in [2.45, 2.75) is 179 Å². The van der Waals surface area contributed by atoms with Gasteiger partial charge in [0, 0.05) is 12.3 Å². The number of allylic oxidation sites excluding steroid dienone is 4. The van der Waals surface area contributed by atoms with E-state index in [0.29, 0.717) is 11.8 Å². The third-order valence-electron chi connectivity index (χ3n) is 7.66. The van der Waals surface area contributed by atoms with Gasteiger partial charge in [0.05, 0.1) is 12.5 Å². The lowest BCUT2D eigenvalue weighted by Gasteiger charge is -2.22. The molecule has 0 aromatic rings. The van der Waals surface area contributed by atoms with Gasteiger partial charge in [-0.05, 0) is 57.4 Å². The number of Topliss-reactive ketones (excluding diaryl/α,β-unsaturated/α-hetero) is 2. The average Bonchev–Trinajstić information content (AvgIpc) is 3.14. The summed E-state index contributed by atoms with van der Waals surface area (Å²) >= 11 is 0. The Kier molecular flexibility index (Phi) is 57.6. The van der Waals surface area contributed by atoms with Gasteiger partial charge in [0.2, 0.25) is 5.91 Å². The Morgan fingerprint density at radius 3 is 1.46 bits per heavy atom. The number of rotatable bonds is 14. The average molecular weight is 709 g/mol. The lowest BCUT2D eigenvalue weighted by Crippen LogP contribution is -2.25. The van der Waals surface area contributed by atoms with Gasteiger partial charge < -0.3 is 21.1 Å². The van der Waals surface area contributed by atoms with Crippen LogP contribution in [-0.4, -0.2) is 36.6 Å². The van der Waals surface area contributed by atoms with E-state index in [4.69, 9.17) is 16.3 Å². The predicted octanol–water partition coefficient (Wildman–Crippen LogP) is 11.1. The Bertz CT molecular complexity index is 833. The third kappa shape index (κ3) is 43.4. The topological polar surface area (TPSA) is 137 Å². The fourth-order valence-electron chi connectivity index (χ4n) is 5.33. The Hall–Kier alpha value is -2.67. The summed E-state index contributed by atoms with van der Waals surface area (Å²) in [7, 11) is 0. The molecule has 0 aromatic heterocycles. The highest BCUT2D eigenvalue weighted by Gasteiger charge is 2.22. The summed E-state index contributed by atoms with van der Waals surface area (Å²) in [5.74, 6) is 1.63. The number of amides is 1. The van der Waals surface area contributed by atoms with Crippen molar-refractivity contribution in [1.29, 1.82) is 0 Å². The minimum atomic E-state index is -0.177. The standard InChI is InChI=1S/C12H22O.C11H17NO.C6H12O.C6H12.C3H7NO.2C2H6.CH2O/c1-5-9-10(6-2)11(7-3)12(13)8-4;1-2-6-10(11(12)13)9-7-4-3-5-8-9;1-5(2)4-6(3)7;1-2-4-6-5-3-1;1-3(5)2-4;3*1-2/h8,10-11H,4-7,9H2,1-3H3;3-4,7,10H,2,5-6,8H2,1H3,(H2,12,13);5H,4H2,1-3H3;1-6H2;2,4H2,1H3;2*1-2H3;1H2. The lowest BCUT2D eigenvalue weighted by atomic mass is 9.82. The van der Waals surface area contributed by atoms with Gasteiger partial charge in [0.25, 0.3) is 0 Å². The van der Waals surface area contributed by atoms with Crippen LogP contribution in [0.25, 0.3) is 0 Å². The molecule has 1 saturated carbocycles. The number of carbonyl (C=O) groups is 5. The summed E-state index contributed by atoms with van der Waals surface area (Å²) in [6.07, 6.45) is 25.7. The molecule has 296 valence electrons. The molecular weight excluding hydrogens is 624 g/mol. The highest BCUT2D eigenvalue weighted by molar-refractivity contribution is 5.91. The second kappa shape index (κ2) is 48.4. The molecule has 2 aliphatic carbocycles. The molecule has 0 aliphatic heterocycles. The van der Waals surface area contributed by atoms with Crippen LogP contribution in [0, 0.1) is 23.7 Å². The zero-order chi connectivity index (χ0) is 40.3. The van der Waals surface area contributed by atoms with Gasteiger partial charge in [-0.3, -0.25) is 14.4 Å². The number of hydrogen-bond donors (Lipinski definition) is 2. The molecule has 1 amide bonds. The summed E-state index contributed by atoms with van der Waals surface area (Å²) in [6.45, 7) is 29.4. The Labute approximate surface area is 311 Å². The minimum absolute atomic E-state index is 0.0324. The number of ketones is 3. The van der Waals surface area contributed by atoms with Crippen molar-refractivity contribution < 1.29 is 24.0 Å². The van der Waals surface area contributed by atoms with Gasteiger partial charge in [-0.1, -0.05) is 164 Å². The molecule has 0 radical (unpaired) electrons. The van der Waals surface area contributed by atoms with Crippen LogP contribution < -0.4 is 11.5 Å². The van der Waals surface area contributed by atoms with Crippen molar-refractivity contribution in [3.8, 4) is 0 Å². The molecule has 0 aromatic carbocycles. The van der Waals surface area contributed by atoms with E-state index in [-0.39, 0.29) is 41.6 Å². The number of nitrogens with two attached hydrogens (primary N) is 2. The van der Waals surface area contributed by atoms with Crippen LogP contribution in [0.1, 0.15) is 179 Å². The Morgan fingerprint density at radius 2 is 1.24 bits per heavy atom. The minimum Gasteiger partial charge on any atom is -0.369 e. The van der Waals surface area contributed by atoms with Gasteiger partial charge in [-0.15, -0.1) is 0 Å². The maximum Gasteiger partial charge on any atom is 0.224 e. The molecule has 0 saturated heterocycles. The van der Waals surface area contributed by atoms with Crippen LogP contribution in [0.5, 0.6) is 0 Å². The second-order valence-electron chi connectivity index (χ2n) is 12.4. The van der Waals surface area contributed by atoms with Crippen LogP contribution in [0.3, 0.4) is 0 Å². The van der Waals surface area contributed by atoms with Crippen LogP contribution in [0.4, 0.5) is 0 Å². The molecule has 3 atom stereocenters. The van der Waals surface area contributed by atoms with E-state index in [1.165, 1.54) is 63.5 Å².